The summed E-state index contributed by atoms with van der Waals surface area (Å²) in [5.41, 5.74) is 0. The molecule has 0 radical (unpaired) electrons. The Morgan fingerprint density at radius 1 is 1.22 bits per heavy atom. The fourth-order valence-electron chi connectivity index (χ4n) is 3.27. The highest BCUT2D eigenvalue weighted by Crippen LogP contribution is 2.38. The van der Waals surface area contributed by atoms with Crippen molar-refractivity contribution in [3.05, 3.63) is 0 Å². The average Bonchev–Trinajstić information content (AvgIpc) is 2.64. The molecule has 2 aliphatic carbocycles. The normalized spacial score (nSPS) is 32.0. The summed E-state index contributed by atoms with van der Waals surface area (Å²) in [5.74, 6) is -0.564. The van der Waals surface area contributed by atoms with Gasteiger partial charge in [0, 0.05) is 13.6 Å². The van der Waals surface area contributed by atoms with Crippen molar-refractivity contribution in [1.82, 2.24) is 4.90 Å². The van der Waals surface area contributed by atoms with Crippen molar-refractivity contribution in [2.45, 2.75) is 39.0 Å². The third-order valence-electron chi connectivity index (χ3n) is 4.57. The number of carboxylic acid groups (broad SMARTS) is 1. The Bertz CT molecular complexity index is 338. The van der Waals surface area contributed by atoms with E-state index in [2.05, 4.69) is 0 Å². The van der Waals surface area contributed by atoms with Gasteiger partial charge >= 0.3 is 5.97 Å². The van der Waals surface area contributed by atoms with Gasteiger partial charge in [0.1, 0.15) is 0 Å². The van der Waals surface area contributed by atoms with E-state index in [1.54, 1.807) is 4.90 Å². The average molecular weight is 253 g/mol. The molecule has 2 rings (SSSR count). The van der Waals surface area contributed by atoms with E-state index in [-0.39, 0.29) is 11.8 Å². The zero-order valence-corrected chi connectivity index (χ0v) is 11.3. The summed E-state index contributed by atoms with van der Waals surface area (Å²) >= 11 is 0. The minimum atomic E-state index is -0.810. The molecule has 1 N–H and O–H groups in total. The van der Waals surface area contributed by atoms with Crippen molar-refractivity contribution in [2.75, 3.05) is 13.6 Å². The molecule has 102 valence electrons. The Balaban J connectivity index is 1.95. The van der Waals surface area contributed by atoms with Crippen LogP contribution in [-0.2, 0) is 9.59 Å². The fourth-order valence-corrected chi connectivity index (χ4v) is 3.27. The monoisotopic (exact) mass is 253 g/mol. The summed E-state index contributed by atoms with van der Waals surface area (Å²) < 4.78 is 0. The number of aliphatic carboxylic acids is 1. The molecule has 4 heteroatoms. The first kappa shape index (κ1) is 13.4. The van der Waals surface area contributed by atoms with E-state index < -0.39 is 11.9 Å². The fraction of sp³-hybridized carbons (Fsp3) is 0.857. The number of carbonyl (C=O) groups excluding carboxylic acids is 1. The number of rotatable bonds is 4. The van der Waals surface area contributed by atoms with Crippen LogP contribution < -0.4 is 0 Å². The first-order chi connectivity index (χ1) is 8.49. The minimum Gasteiger partial charge on any atom is -0.481 e. The molecule has 0 aromatic carbocycles. The smallest absolute Gasteiger partial charge is 0.307 e. The Morgan fingerprint density at radius 3 is 2.33 bits per heavy atom. The summed E-state index contributed by atoms with van der Waals surface area (Å²) in [6, 6.07) is 0. The quantitative estimate of drug-likeness (QED) is 0.833. The zero-order valence-electron chi connectivity index (χ0n) is 11.3. The van der Waals surface area contributed by atoms with Gasteiger partial charge in [0.05, 0.1) is 11.8 Å². The van der Waals surface area contributed by atoms with E-state index in [4.69, 9.17) is 0 Å². The van der Waals surface area contributed by atoms with Gasteiger partial charge in [-0.2, -0.15) is 0 Å². The minimum absolute atomic E-state index is 0.0404. The van der Waals surface area contributed by atoms with Crippen LogP contribution in [0.15, 0.2) is 0 Å². The molecule has 0 saturated heterocycles. The highest BCUT2D eigenvalue weighted by atomic mass is 16.4. The molecule has 0 heterocycles. The van der Waals surface area contributed by atoms with Crippen LogP contribution in [0.5, 0.6) is 0 Å². The predicted molar refractivity (Wildman–Crippen MR) is 68.0 cm³/mol. The largest absolute Gasteiger partial charge is 0.481 e. The maximum absolute atomic E-state index is 12.3. The van der Waals surface area contributed by atoms with Crippen LogP contribution in [0.25, 0.3) is 0 Å². The third kappa shape index (κ3) is 2.68. The van der Waals surface area contributed by atoms with E-state index >= 15 is 0 Å². The van der Waals surface area contributed by atoms with Crippen molar-refractivity contribution in [2.24, 2.45) is 23.7 Å². The Morgan fingerprint density at radius 2 is 1.83 bits per heavy atom. The number of nitrogens with zero attached hydrogens (tertiary/aromatic N) is 1. The molecule has 0 aromatic rings. The van der Waals surface area contributed by atoms with Crippen LogP contribution in [0.3, 0.4) is 0 Å². The molecular weight excluding hydrogens is 230 g/mol. The molecule has 1 amide bonds. The molecule has 3 atom stereocenters. The molecule has 0 spiro atoms. The molecular formula is C14H23NO3. The standard InChI is InChI=1S/C14H23NO3/c1-9-6-11(12(7-9)14(17)18)13(16)15(2)8-10-4-3-5-10/h9-12H,3-8H2,1-2H3,(H,17,18). The molecule has 2 fully saturated rings. The maximum atomic E-state index is 12.3. The number of carbonyl (C=O) groups is 2. The van der Waals surface area contributed by atoms with Crippen LogP contribution in [0, 0.1) is 23.7 Å². The Kier molecular flexibility index (Phi) is 3.93. The third-order valence-corrected chi connectivity index (χ3v) is 4.57. The zero-order chi connectivity index (χ0) is 13.3. The van der Waals surface area contributed by atoms with E-state index in [0.29, 0.717) is 18.3 Å². The molecule has 0 aromatic heterocycles. The summed E-state index contributed by atoms with van der Waals surface area (Å²) in [6.07, 6.45) is 5.06. The lowest BCUT2D eigenvalue weighted by atomic mass is 9.84. The van der Waals surface area contributed by atoms with Gasteiger partial charge in [-0.3, -0.25) is 9.59 Å². The van der Waals surface area contributed by atoms with Crippen molar-refractivity contribution >= 4 is 11.9 Å². The lowest BCUT2D eigenvalue weighted by Crippen LogP contribution is -2.40. The second-order valence-electron chi connectivity index (χ2n) is 6.14. The lowest BCUT2D eigenvalue weighted by molar-refractivity contribution is -0.148. The van der Waals surface area contributed by atoms with E-state index in [0.717, 1.165) is 13.0 Å². The SMILES string of the molecule is CC1CC(C(=O)O)C(C(=O)N(C)CC2CCC2)C1. The molecule has 2 aliphatic rings. The summed E-state index contributed by atoms with van der Waals surface area (Å²) in [7, 11) is 1.82. The second-order valence-corrected chi connectivity index (χ2v) is 6.14. The summed E-state index contributed by atoms with van der Waals surface area (Å²) in [6.45, 7) is 2.84. The molecule has 0 bridgehead atoms. The van der Waals surface area contributed by atoms with Crippen LogP contribution in [-0.4, -0.2) is 35.5 Å². The topological polar surface area (TPSA) is 57.6 Å². The van der Waals surface area contributed by atoms with Gasteiger partial charge in [-0.15, -0.1) is 0 Å². The Hall–Kier alpha value is -1.06. The number of amides is 1. The molecule has 3 unspecified atom stereocenters. The number of carboxylic acids is 1. The molecule has 2 saturated carbocycles. The number of hydrogen-bond acceptors (Lipinski definition) is 2. The first-order valence-electron chi connectivity index (χ1n) is 6.96. The molecule has 18 heavy (non-hydrogen) atoms. The van der Waals surface area contributed by atoms with Crippen LogP contribution >= 0.6 is 0 Å². The van der Waals surface area contributed by atoms with E-state index in [1.807, 2.05) is 14.0 Å². The van der Waals surface area contributed by atoms with Crippen molar-refractivity contribution in [3.63, 3.8) is 0 Å². The Labute approximate surface area is 108 Å². The number of hydrogen-bond donors (Lipinski definition) is 1. The van der Waals surface area contributed by atoms with Gasteiger partial charge in [0.15, 0.2) is 0 Å². The van der Waals surface area contributed by atoms with Gasteiger partial charge in [0.25, 0.3) is 0 Å². The van der Waals surface area contributed by atoms with Crippen molar-refractivity contribution in [1.29, 1.82) is 0 Å². The highest BCUT2D eigenvalue weighted by Gasteiger charge is 2.42. The van der Waals surface area contributed by atoms with Crippen LogP contribution in [0.4, 0.5) is 0 Å². The maximum Gasteiger partial charge on any atom is 0.307 e. The lowest BCUT2D eigenvalue weighted by Gasteiger charge is -2.32. The van der Waals surface area contributed by atoms with E-state index in [1.165, 1.54) is 19.3 Å². The second kappa shape index (κ2) is 5.29. The van der Waals surface area contributed by atoms with Gasteiger partial charge in [-0.1, -0.05) is 13.3 Å². The highest BCUT2D eigenvalue weighted by molar-refractivity contribution is 5.85. The molecule has 0 aliphatic heterocycles. The van der Waals surface area contributed by atoms with Crippen LogP contribution in [0.2, 0.25) is 0 Å². The summed E-state index contributed by atoms with van der Waals surface area (Å²) in [4.78, 5) is 25.3. The van der Waals surface area contributed by atoms with E-state index in [9.17, 15) is 14.7 Å². The van der Waals surface area contributed by atoms with Crippen molar-refractivity contribution in [3.8, 4) is 0 Å². The van der Waals surface area contributed by atoms with Gasteiger partial charge in [0.2, 0.25) is 5.91 Å². The summed E-state index contributed by atoms with van der Waals surface area (Å²) in [5, 5.41) is 9.20. The van der Waals surface area contributed by atoms with Gasteiger partial charge in [-0.05, 0) is 37.5 Å². The van der Waals surface area contributed by atoms with Gasteiger partial charge < -0.3 is 10.0 Å². The van der Waals surface area contributed by atoms with Gasteiger partial charge in [-0.25, -0.2) is 0 Å². The first-order valence-corrected chi connectivity index (χ1v) is 6.96. The molecule has 4 nitrogen and oxygen atoms in total. The predicted octanol–water partition coefficient (Wildman–Crippen LogP) is 1.99. The van der Waals surface area contributed by atoms with Crippen LogP contribution in [0.1, 0.15) is 39.0 Å². The van der Waals surface area contributed by atoms with Crippen molar-refractivity contribution < 1.29 is 14.7 Å².